The minimum Gasteiger partial charge on any atom is -0.393 e. The summed E-state index contributed by atoms with van der Waals surface area (Å²) in [4.78, 5) is 0. The molecule has 4 fully saturated rings. The highest BCUT2D eigenvalue weighted by molar-refractivity contribution is 5.15. The summed E-state index contributed by atoms with van der Waals surface area (Å²) in [6.07, 6.45) is 9.86. The first-order valence-electron chi connectivity index (χ1n) is 7.93. The third kappa shape index (κ3) is 1.54. The normalized spacial score (nSPS) is 57.9. The molecular formula is C16H26O. The predicted octanol–water partition coefficient (Wildman–Crippen LogP) is 3.47. The van der Waals surface area contributed by atoms with Gasteiger partial charge in [-0.05, 0) is 73.5 Å². The molecule has 5 atom stereocenters. The van der Waals surface area contributed by atoms with Crippen LogP contribution in [0.15, 0.2) is 0 Å². The molecule has 2 bridgehead atoms. The Labute approximate surface area is 105 Å². The van der Waals surface area contributed by atoms with Gasteiger partial charge in [-0.2, -0.15) is 0 Å². The molecule has 0 spiro atoms. The van der Waals surface area contributed by atoms with Crippen molar-refractivity contribution in [3.05, 3.63) is 0 Å². The fraction of sp³-hybridized carbons (Fsp3) is 1.00. The zero-order chi connectivity index (χ0) is 11.6. The van der Waals surface area contributed by atoms with E-state index in [1.165, 1.54) is 44.9 Å². The summed E-state index contributed by atoms with van der Waals surface area (Å²) >= 11 is 0. The van der Waals surface area contributed by atoms with Crippen LogP contribution in [0, 0.1) is 41.4 Å². The minimum absolute atomic E-state index is 0.0703. The largest absolute Gasteiger partial charge is 0.393 e. The molecule has 0 aliphatic heterocycles. The van der Waals surface area contributed by atoms with Gasteiger partial charge in [0.05, 0.1) is 6.10 Å². The number of aliphatic hydroxyl groups excluding tert-OH is 1. The highest BCUT2D eigenvalue weighted by Crippen LogP contribution is 2.71. The summed E-state index contributed by atoms with van der Waals surface area (Å²) in [6.45, 7) is 2.37. The smallest absolute Gasteiger partial charge is 0.0602 e. The Morgan fingerprint density at radius 1 is 0.882 bits per heavy atom. The van der Waals surface area contributed by atoms with Gasteiger partial charge in [-0.15, -0.1) is 0 Å². The fourth-order valence-corrected chi connectivity index (χ4v) is 5.79. The Balaban J connectivity index is 1.41. The van der Waals surface area contributed by atoms with Crippen molar-refractivity contribution in [3.8, 4) is 0 Å². The van der Waals surface area contributed by atoms with Crippen LogP contribution in [0.25, 0.3) is 0 Å². The van der Waals surface area contributed by atoms with Gasteiger partial charge in [0.15, 0.2) is 0 Å². The van der Waals surface area contributed by atoms with Crippen LogP contribution in [0.3, 0.4) is 0 Å². The molecule has 0 saturated heterocycles. The van der Waals surface area contributed by atoms with E-state index in [2.05, 4.69) is 6.92 Å². The topological polar surface area (TPSA) is 20.2 Å². The minimum atomic E-state index is 0.0703. The van der Waals surface area contributed by atoms with Gasteiger partial charge < -0.3 is 5.11 Å². The van der Waals surface area contributed by atoms with Crippen LogP contribution in [0.1, 0.15) is 51.9 Å². The van der Waals surface area contributed by atoms with Gasteiger partial charge in [-0.25, -0.2) is 0 Å². The van der Waals surface area contributed by atoms with Gasteiger partial charge in [0.25, 0.3) is 0 Å². The molecule has 17 heavy (non-hydrogen) atoms. The van der Waals surface area contributed by atoms with Gasteiger partial charge >= 0.3 is 0 Å². The summed E-state index contributed by atoms with van der Waals surface area (Å²) in [5.41, 5.74) is 0. The maximum atomic E-state index is 10.7. The molecule has 0 heterocycles. The van der Waals surface area contributed by atoms with Crippen LogP contribution in [-0.4, -0.2) is 11.2 Å². The van der Waals surface area contributed by atoms with Crippen LogP contribution in [-0.2, 0) is 0 Å². The summed E-state index contributed by atoms with van der Waals surface area (Å²) in [6, 6.07) is 0. The number of fused-ring (bicyclic) bond motifs is 5. The van der Waals surface area contributed by atoms with Crippen molar-refractivity contribution in [3.63, 3.8) is 0 Å². The highest BCUT2D eigenvalue weighted by atomic mass is 16.3. The Morgan fingerprint density at radius 3 is 2.06 bits per heavy atom. The average molecular weight is 234 g/mol. The molecule has 0 aromatic rings. The Morgan fingerprint density at radius 2 is 1.47 bits per heavy atom. The van der Waals surface area contributed by atoms with E-state index < -0.39 is 0 Å². The Bertz CT molecular complexity index is 289. The Kier molecular flexibility index (Phi) is 2.38. The first-order chi connectivity index (χ1) is 8.25. The molecular weight excluding hydrogens is 208 g/mol. The molecule has 0 amide bonds. The molecule has 5 unspecified atom stereocenters. The maximum absolute atomic E-state index is 10.7. The van der Waals surface area contributed by atoms with Gasteiger partial charge in [-0.1, -0.05) is 19.8 Å². The van der Waals surface area contributed by atoms with Gasteiger partial charge in [0.1, 0.15) is 0 Å². The van der Waals surface area contributed by atoms with Crippen molar-refractivity contribution in [2.24, 2.45) is 41.4 Å². The quantitative estimate of drug-likeness (QED) is 0.775. The molecule has 4 saturated carbocycles. The van der Waals surface area contributed by atoms with Crippen molar-refractivity contribution in [2.45, 2.75) is 58.0 Å². The third-order valence-electron chi connectivity index (χ3n) is 6.73. The second kappa shape index (κ2) is 3.73. The number of hydrogen-bond donors (Lipinski definition) is 1. The molecule has 96 valence electrons. The van der Waals surface area contributed by atoms with E-state index >= 15 is 0 Å². The van der Waals surface area contributed by atoms with Crippen LogP contribution in [0.5, 0.6) is 0 Å². The molecule has 1 N–H and O–H groups in total. The van der Waals surface area contributed by atoms with Crippen LogP contribution in [0.4, 0.5) is 0 Å². The lowest BCUT2D eigenvalue weighted by Crippen LogP contribution is -2.29. The van der Waals surface area contributed by atoms with Gasteiger partial charge in [-0.3, -0.25) is 0 Å². The summed E-state index contributed by atoms with van der Waals surface area (Å²) in [7, 11) is 0. The van der Waals surface area contributed by atoms with E-state index in [0.29, 0.717) is 5.92 Å². The van der Waals surface area contributed by atoms with Crippen molar-refractivity contribution in [1.82, 2.24) is 0 Å². The fourth-order valence-electron chi connectivity index (χ4n) is 5.79. The summed E-state index contributed by atoms with van der Waals surface area (Å²) in [5, 5.41) is 10.7. The number of rotatable bonds is 2. The third-order valence-corrected chi connectivity index (χ3v) is 6.73. The monoisotopic (exact) mass is 234 g/mol. The first kappa shape index (κ1) is 10.8. The predicted molar refractivity (Wildman–Crippen MR) is 68.4 cm³/mol. The number of aliphatic hydroxyl groups is 1. The van der Waals surface area contributed by atoms with Crippen LogP contribution in [0.2, 0.25) is 0 Å². The van der Waals surface area contributed by atoms with Gasteiger partial charge in [0.2, 0.25) is 0 Å². The lowest BCUT2D eigenvalue weighted by molar-refractivity contribution is 0.0438. The van der Waals surface area contributed by atoms with Crippen LogP contribution >= 0.6 is 0 Å². The van der Waals surface area contributed by atoms with Gasteiger partial charge in [0, 0.05) is 0 Å². The van der Waals surface area contributed by atoms with Crippen molar-refractivity contribution < 1.29 is 5.11 Å². The second-order valence-corrected chi connectivity index (χ2v) is 7.58. The van der Waals surface area contributed by atoms with E-state index in [4.69, 9.17) is 0 Å². The first-order valence-corrected chi connectivity index (χ1v) is 7.93. The SMILES string of the molecule is CC1CCC(C(O)C2C3C4CCC(C4)C32)CC1. The molecule has 0 aromatic heterocycles. The van der Waals surface area contributed by atoms with E-state index in [9.17, 15) is 5.11 Å². The molecule has 4 rings (SSSR count). The standard InChI is InChI=1S/C16H26O/c1-9-2-4-10(5-3-9)16(17)15-13-11-6-7-12(8-11)14(13)15/h9-17H,2-8H2,1H3. The average Bonchev–Trinajstić information content (AvgIpc) is 2.77. The summed E-state index contributed by atoms with van der Waals surface area (Å²) in [5.74, 6) is 6.26. The molecule has 4 aliphatic rings. The zero-order valence-electron chi connectivity index (χ0n) is 11.0. The molecule has 1 heteroatoms. The van der Waals surface area contributed by atoms with Crippen molar-refractivity contribution in [1.29, 1.82) is 0 Å². The summed E-state index contributed by atoms with van der Waals surface area (Å²) < 4.78 is 0. The lowest BCUT2D eigenvalue weighted by Gasteiger charge is -2.31. The molecule has 4 aliphatic carbocycles. The van der Waals surface area contributed by atoms with E-state index in [1.807, 2.05) is 0 Å². The van der Waals surface area contributed by atoms with Crippen LogP contribution < -0.4 is 0 Å². The number of hydrogen-bond acceptors (Lipinski definition) is 1. The highest BCUT2D eigenvalue weighted by Gasteiger charge is 2.67. The van der Waals surface area contributed by atoms with E-state index in [0.717, 1.165) is 35.5 Å². The van der Waals surface area contributed by atoms with E-state index in [1.54, 1.807) is 0 Å². The van der Waals surface area contributed by atoms with Crippen molar-refractivity contribution >= 4 is 0 Å². The van der Waals surface area contributed by atoms with E-state index in [-0.39, 0.29) is 6.10 Å². The molecule has 1 nitrogen and oxygen atoms in total. The molecule has 0 aromatic carbocycles. The molecule has 0 radical (unpaired) electrons. The second-order valence-electron chi connectivity index (χ2n) is 7.58. The lowest BCUT2D eigenvalue weighted by atomic mass is 9.78. The van der Waals surface area contributed by atoms with Crippen molar-refractivity contribution in [2.75, 3.05) is 0 Å². The maximum Gasteiger partial charge on any atom is 0.0602 e. The zero-order valence-corrected chi connectivity index (χ0v) is 11.0. The Hall–Kier alpha value is -0.0400.